The molecule has 1 aromatic heterocycles. The lowest BCUT2D eigenvalue weighted by molar-refractivity contribution is -0.121. The van der Waals surface area contributed by atoms with Crippen LogP contribution in [0.3, 0.4) is 0 Å². The molecule has 1 unspecified atom stereocenters. The third-order valence-electron chi connectivity index (χ3n) is 4.63. The SMILES string of the molecule is O=C1C(c2cccc(Cl)c2)CCCN1c1cncc2ccccc12. The van der Waals surface area contributed by atoms with Gasteiger partial charge >= 0.3 is 0 Å². The van der Waals surface area contributed by atoms with Crippen LogP contribution in [0, 0.1) is 0 Å². The third-order valence-corrected chi connectivity index (χ3v) is 4.86. The van der Waals surface area contributed by atoms with Crippen molar-refractivity contribution in [2.75, 3.05) is 11.4 Å². The third kappa shape index (κ3) is 2.65. The molecular weight excluding hydrogens is 320 g/mol. The minimum Gasteiger partial charge on any atom is -0.310 e. The Morgan fingerprint density at radius 3 is 2.83 bits per heavy atom. The van der Waals surface area contributed by atoms with Crippen molar-refractivity contribution in [1.29, 1.82) is 0 Å². The van der Waals surface area contributed by atoms with Gasteiger partial charge in [-0.1, -0.05) is 48.0 Å². The van der Waals surface area contributed by atoms with Crippen LogP contribution in [0.4, 0.5) is 5.69 Å². The molecule has 0 radical (unpaired) electrons. The minimum atomic E-state index is -0.142. The molecule has 0 saturated carbocycles. The van der Waals surface area contributed by atoms with Crippen LogP contribution in [-0.2, 0) is 4.79 Å². The molecule has 0 spiro atoms. The van der Waals surface area contributed by atoms with E-state index in [1.54, 1.807) is 6.20 Å². The van der Waals surface area contributed by atoms with Gasteiger partial charge in [0.05, 0.1) is 17.8 Å². The highest BCUT2D eigenvalue weighted by molar-refractivity contribution is 6.30. The first-order valence-electron chi connectivity index (χ1n) is 8.13. The number of hydrogen-bond donors (Lipinski definition) is 0. The van der Waals surface area contributed by atoms with Gasteiger partial charge in [-0.2, -0.15) is 0 Å². The number of amides is 1. The predicted molar refractivity (Wildman–Crippen MR) is 97.5 cm³/mol. The topological polar surface area (TPSA) is 33.2 Å². The Bertz CT molecular complexity index is 904. The number of aromatic nitrogens is 1. The maximum Gasteiger partial charge on any atom is 0.234 e. The van der Waals surface area contributed by atoms with Crippen molar-refractivity contribution >= 4 is 34.0 Å². The summed E-state index contributed by atoms with van der Waals surface area (Å²) >= 11 is 6.11. The highest BCUT2D eigenvalue weighted by atomic mass is 35.5. The summed E-state index contributed by atoms with van der Waals surface area (Å²) in [6, 6.07) is 15.7. The van der Waals surface area contributed by atoms with Crippen molar-refractivity contribution in [1.82, 2.24) is 4.98 Å². The van der Waals surface area contributed by atoms with Gasteiger partial charge in [0.1, 0.15) is 0 Å². The zero-order chi connectivity index (χ0) is 16.5. The lowest BCUT2D eigenvalue weighted by atomic mass is 9.89. The van der Waals surface area contributed by atoms with Crippen LogP contribution in [-0.4, -0.2) is 17.4 Å². The number of fused-ring (bicyclic) bond motifs is 1. The molecule has 1 aliphatic heterocycles. The highest BCUT2D eigenvalue weighted by Gasteiger charge is 2.31. The predicted octanol–water partition coefficient (Wildman–Crippen LogP) is 4.80. The van der Waals surface area contributed by atoms with Gasteiger partial charge in [-0.05, 0) is 30.5 Å². The molecular formula is C20H17ClN2O. The van der Waals surface area contributed by atoms with Gasteiger partial charge in [0.15, 0.2) is 0 Å². The van der Waals surface area contributed by atoms with E-state index in [4.69, 9.17) is 11.6 Å². The van der Waals surface area contributed by atoms with E-state index in [0.29, 0.717) is 5.02 Å². The van der Waals surface area contributed by atoms with E-state index in [9.17, 15) is 4.79 Å². The standard InChI is InChI=1S/C20H17ClN2O/c21-16-7-3-6-14(11-16)18-9-4-10-23(20(18)24)19-13-22-12-15-5-1-2-8-17(15)19/h1-3,5-8,11-13,18H,4,9-10H2. The molecule has 0 N–H and O–H groups in total. The number of halogens is 1. The monoisotopic (exact) mass is 336 g/mol. The lowest BCUT2D eigenvalue weighted by Gasteiger charge is -2.33. The first-order chi connectivity index (χ1) is 11.7. The number of pyridine rings is 1. The van der Waals surface area contributed by atoms with Gasteiger partial charge in [0.2, 0.25) is 5.91 Å². The number of piperidine rings is 1. The largest absolute Gasteiger partial charge is 0.310 e. The second-order valence-corrected chi connectivity index (χ2v) is 6.56. The molecule has 1 fully saturated rings. The van der Waals surface area contributed by atoms with Gasteiger partial charge in [0, 0.05) is 28.5 Å². The Hall–Kier alpha value is -2.39. The first kappa shape index (κ1) is 15.2. The van der Waals surface area contributed by atoms with Gasteiger partial charge in [0.25, 0.3) is 0 Å². The van der Waals surface area contributed by atoms with Crippen molar-refractivity contribution in [2.24, 2.45) is 0 Å². The Morgan fingerprint density at radius 1 is 1.08 bits per heavy atom. The van der Waals surface area contributed by atoms with Crippen LogP contribution < -0.4 is 4.90 Å². The summed E-state index contributed by atoms with van der Waals surface area (Å²) < 4.78 is 0. The maximum absolute atomic E-state index is 13.1. The molecule has 3 aromatic rings. The molecule has 120 valence electrons. The average Bonchev–Trinajstić information content (AvgIpc) is 2.61. The molecule has 1 amide bonds. The van der Waals surface area contributed by atoms with E-state index >= 15 is 0 Å². The summed E-state index contributed by atoms with van der Waals surface area (Å²) in [4.78, 5) is 19.3. The van der Waals surface area contributed by atoms with Gasteiger partial charge < -0.3 is 4.90 Å². The lowest BCUT2D eigenvalue weighted by Crippen LogP contribution is -2.40. The molecule has 4 rings (SSSR count). The fourth-order valence-electron chi connectivity index (χ4n) is 3.46. The summed E-state index contributed by atoms with van der Waals surface area (Å²) in [5.74, 6) is -0.0157. The quantitative estimate of drug-likeness (QED) is 0.673. The fourth-order valence-corrected chi connectivity index (χ4v) is 3.66. The van der Waals surface area contributed by atoms with E-state index in [1.807, 2.05) is 59.6 Å². The molecule has 3 nitrogen and oxygen atoms in total. The van der Waals surface area contributed by atoms with E-state index < -0.39 is 0 Å². The molecule has 1 atom stereocenters. The molecule has 4 heteroatoms. The Kier molecular flexibility index (Phi) is 3.95. The normalized spacial score (nSPS) is 18.1. The number of anilines is 1. The summed E-state index contributed by atoms with van der Waals surface area (Å²) in [6.07, 6.45) is 5.45. The number of benzene rings is 2. The van der Waals surface area contributed by atoms with Crippen LogP contribution in [0.5, 0.6) is 0 Å². The molecule has 2 aromatic carbocycles. The first-order valence-corrected chi connectivity index (χ1v) is 8.51. The molecule has 1 saturated heterocycles. The van der Waals surface area contributed by atoms with Gasteiger partial charge in [-0.3, -0.25) is 9.78 Å². The number of carbonyl (C=O) groups excluding carboxylic acids is 1. The van der Waals surface area contributed by atoms with E-state index in [2.05, 4.69) is 4.98 Å². The number of nitrogens with zero attached hydrogens (tertiary/aromatic N) is 2. The van der Waals surface area contributed by atoms with Crippen LogP contribution in [0.25, 0.3) is 10.8 Å². The zero-order valence-electron chi connectivity index (χ0n) is 13.2. The van der Waals surface area contributed by atoms with E-state index in [-0.39, 0.29) is 11.8 Å². The van der Waals surface area contributed by atoms with Crippen LogP contribution in [0.1, 0.15) is 24.3 Å². The van der Waals surface area contributed by atoms with Crippen molar-refractivity contribution in [3.8, 4) is 0 Å². The Morgan fingerprint density at radius 2 is 1.96 bits per heavy atom. The minimum absolute atomic E-state index is 0.127. The van der Waals surface area contributed by atoms with Crippen LogP contribution >= 0.6 is 11.6 Å². The summed E-state index contributed by atoms with van der Waals surface area (Å²) in [6.45, 7) is 0.728. The summed E-state index contributed by atoms with van der Waals surface area (Å²) in [5, 5.41) is 2.78. The summed E-state index contributed by atoms with van der Waals surface area (Å²) in [5.41, 5.74) is 1.88. The fraction of sp³-hybridized carbons (Fsp3) is 0.200. The van der Waals surface area contributed by atoms with Gasteiger partial charge in [-0.25, -0.2) is 0 Å². The van der Waals surface area contributed by atoms with Crippen molar-refractivity contribution in [2.45, 2.75) is 18.8 Å². The van der Waals surface area contributed by atoms with E-state index in [0.717, 1.165) is 41.4 Å². The van der Waals surface area contributed by atoms with Crippen molar-refractivity contribution < 1.29 is 4.79 Å². The second-order valence-electron chi connectivity index (χ2n) is 6.12. The number of rotatable bonds is 2. The van der Waals surface area contributed by atoms with E-state index in [1.165, 1.54) is 0 Å². The van der Waals surface area contributed by atoms with Crippen LogP contribution in [0.15, 0.2) is 60.9 Å². The Balaban J connectivity index is 1.74. The highest BCUT2D eigenvalue weighted by Crippen LogP contribution is 2.34. The van der Waals surface area contributed by atoms with Crippen molar-refractivity contribution in [3.05, 3.63) is 71.5 Å². The molecule has 0 aliphatic carbocycles. The molecule has 1 aliphatic rings. The second kappa shape index (κ2) is 6.25. The zero-order valence-corrected chi connectivity index (χ0v) is 13.9. The number of hydrogen-bond acceptors (Lipinski definition) is 2. The van der Waals surface area contributed by atoms with Crippen molar-refractivity contribution in [3.63, 3.8) is 0 Å². The summed E-state index contributed by atoms with van der Waals surface area (Å²) in [7, 11) is 0. The maximum atomic E-state index is 13.1. The number of carbonyl (C=O) groups is 1. The molecule has 24 heavy (non-hydrogen) atoms. The molecule has 2 heterocycles. The molecule has 0 bridgehead atoms. The Labute approximate surface area is 145 Å². The van der Waals surface area contributed by atoms with Crippen LogP contribution in [0.2, 0.25) is 5.02 Å². The average molecular weight is 337 g/mol. The smallest absolute Gasteiger partial charge is 0.234 e. The van der Waals surface area contributed by atoms with Gasteiger partial charge in [-0.15, -0.1) is 0 Å².